The van der Waals surface area contributed by atoms with Crippen LogP contribution in [-0.4, -0.2) is 46.2 Å². The van der Waals surface area contributed by atoms with E-state index in [0.29, 0.717) is 36.5 Å². The van der Waals surface area contributed by atoms with Gasteiger partial charge in [0.1, 0.15) is 0 Å². The predicted molar refractivity (Wildman–Crippen MR) is 125 cm³/mol. The van der Waals surface area contributed by atoms with Gasteiger partial charge in [0.25, 0.3) is 11.5 Å². The van der Waals surface area contributed by atoms with E-state index in [2.05, 4.69) is 5.32 Å². The first-order valence-corrected chi connectivity index (χ1v) is 11.9. The van der Waals surface area contributed by atoms with E-state index in [-0.39, 0.29) is 17.9 Å². The predicted octanol–water partition coefficient (Wildman–Crippen LogP) is 3.22. The summed E-state index contributed by atoms with van der Waals surface area (Å²) in [6.45, 7) is 0.737. The highest BCUT2D eigenvalue weighted by Gasteiger charge is 2.36. The molecule has 0 radical (unpaired) electrons. The van der Waals surface area contributed by atoms with Crippen LogP contribution in [0.1, 0.15) is 54.9 Å². The number of Topliss-reactive ketones (excluding diaryl/α,β-unsaturated/α-hetero) is 1. The maximum Gasteiger partial charge on any atom is 0.253 e. The van der Waals surface area contributed by atoms with E-state index in [4.69, 9.17) is 11.6 Å². The molecule has 1 aliphatic carbocycles. The molecule has 1 aromatic carbocycles. The normalized spacial score (nSPS) is 18.2. The molecule has 1 aliphatic heterocycles. The van der Waals surface area contributed by atoms with Crippen LogP contribution in [-0.2, 0) is 9.59 Å². The Morgan fingerprint density at radius 1 is 0.939 bits per heavy atom. The van der Waals surface area contributed by atoms with Crippen LogP contribution in [0, 0.1) is 5.92 Å². The topological polar surface area (TPSA) is 88.5 Å². The summed E-state index contributed by atoms with van der Waals surface area (Å²) in [5.41, 5.74) is -0.122. The van der Waals surface area contributed by atoms with Crippen molar-refractivity contribution in [1.82, 2.24) is 14.8 Å². The number of aromatic nitrogens is 1. The number of hydrogen-bond acceptors (Lipinski definition) is 4. The van der Waals surface area contributed by atoms with Crippen molar-refractivity contribution in [2.75, 3.05) is 13.1 Å². The lowest BCUT2D eigenvalue weighted by Crippen LogP contribution is -2.49. The number of benzene rings is 1. The number of carbonyl (C=O) groups is 3. The number of likely N-dealkylation sites (tertiary alicyclic amines) is 1. The number of amides is 2. The van der Waals surface area contributed by atoms with Gasteiger partial charge in [-0.1, -0.05) is 30.5 Å². The summed E-state index contributed by atoms with van der Waals surface area (Å²) < 4.78 is 1.18. The summed E-state index contributed by atoms with van der Waals surface area (Å²) in [5, 5.41) is 3.62. The smallest absolute Gasteiger partial charge is 0.253 e. The molecule has 1 saturated heterocycles. The van der Waals surface area contributed by atoms with Crippen molar-refractivity contribution < 1.29 is 14.4 Å². The van der Waals surface area contributed by atoms with Crippen molar-refractivity contribution in [2.45, 2.75) is 50.6 Å². The lowest BCUT2D eigenvalue weighted by molar-refractivity contribution is -0.137. The second kappa shape index (κ2) is 10.3. The molecule has 8 heteroatoms. The first kappa shape index (κ1) is 23.2. The Kier molecular flexibility index (Phi) is 7.28. The number of rotatable bonds is 6. The molecule has 1 saturated carbocycles. The highest BCUT2D eigenvalue weighted by atomic mass is 35.5. The summed E-state index contributed by atoms with van der Waals surface area (Å²) >= 11 is 5.94. The summed E-state index contributed by atoms with van der Waals surface area (Å²) in [7, 11) is 0. The Bertz CT molecular complexity index is 1070. The minimum Gasteiger partial charge on any atom is -0.353 e. The molecular formula is C25H28ClN3O4. The average Bonchev–Trinajstić information content (AvgIpc) is 3.34. The maximum atomic E-state index is 13.5. The third-order valence-electron chi connectivity index (χ3n) is 6.62. The van der Waals surface area contributed by atoms with Gasteiger partial charge in [0.15, 0.2) is 11.8 Å². The minimum absolute atomic E-state index is 0.0575. The van der Waals surface area contributed by atoms with Crippen molar-refractivity contribution in [3.63, 3.8) is 0 Å². The first-order chi connectivity index (χ1) is 15.9. The first-order valence-electron chi connectivity index (χ1n) is 11.5. The van der Waals surface area contributed by atoms with Crippen LogP contribution in [0.25, 0.3) is 0 Å². The molecule has 2 aliphatic rings. The Morgan fingerprint density at radius 2 is 1.61 bits per heavy atom. The second-order valence-electron chi connectivity index (χ2n) is 8.81. The van der Waals surface area contributed by atoms with Gasteiger partial charge in [-0.15, -0.1) is 0 Å². The Balaban J connectivity index is 1.49. The van der Waals surface area contributed by atoms with Crippen LogP contribution < -0.4 is 10.9 Å². The van der Waals surface area contributed by atoms with E-state index in [1.807, 2.05) is 0 Å². The SMILES string of the molecule is O=C(NC1CCCC1)C1CCN(C(=O)[C@@H](C(=O)c2ccc(Cl)cc2)n2ccccc2=O)CC1. The zero-order valence-electron chi connectivity index (χ0n) is 18.4. The van der Waals surface area contributed by atoms with Crippen LogP contribution in [0.5, 0.6) is 0 Å². The molecule has 1 aromatic heterocycles. The van der Waals surface area contributed by atoms with Gasteiger partial charge in [0, 0.05) is 47.9 Å². The summed E-state index contributed by atoms with van der Waals surface area (Å²) in [6, 6.07) is 9.76. The van der Waals surface area contributed by atoms with Gasteiger partial charge in [-0.2, -0.15) is 0 Å². The molecule has 2 amide bonds. The Morgan fingerprint density at radius 3 is 2.24 bits per heavy atom. The average molecular weight is 470 g/mol. The molecule has 0 spiro atoms. The fraction of sp³-hybridized carbons (Fsp3) is 0.440. The number of ketones is 1. The van der Waals surface area contributed by atoms with Crippen LogP contribution in [0.3, 0.4) is 0 Å². The Hall–Kier alpha value is -2.93. The van der Waals surface area contributed by atoms with Crippen molar-refractivity contribution in [3.8, 4) is 0 Å². The molecule has 2 fully saturated rings. The third-order valence-corrected chi connectivity index (χ3v) is 6.87. The monoisotopic (exact) mass is 469 g/mol. The van der Waals surface area contributed by atoms with Crippen molar-refractivity contribution >= 4 is 29.2 Å². The number of carbonyl (C=O) groups excluding carboxylic acids is 3. The van der Waals surface area contributed by atoms with Crippen molar-refractivity contribution in [1.29, 1.82) is 0 Å². The van der Waals surface area contributed by atoms with E-state index in [0.717, 1.165) is 25.7 Å². The van der Waals surface area contributed by atoms with E-state index in [9.17, 15) is 19.2 Å². The summed E-state index contributed by atoms with van der Waals surface area (Å²) in [6.07, 6.45) is 6.90. The summed E-state index contributed by atoms with van der Waals surface area (Å²) in [5.74, 6) is -0.981. The number of piperidine rings is 1. The number of nitrogens with one attached hydrogen (secondary N) is 1. The van der Waals surface area contributed by atoms with Crippen LogP contribution in [0.2, 0.25) is 5.02 Å². The lowest BCUT2D eigenvalue weighted by atomic mass is 9.94. The number of nitrogens with zero attached hydrogens (tertiary/aromatic N) is 2. The fourth-order valence-electron chi connectivity index (χ4n) is 4.71. The van der Waals surface area contributed by atoms with Gasteiger partial charge >= 0.3 is 0 Å². The number of hydrogen-bond donors (Lipinski definition) is 1. The van der Waals surface area contributed by atoms with E-state index in [1.165, 1.54) is 16.8 Å². The second-order valence-corrected chi connectivity index (χ2v) is 9.25. The molecule has 33 heavy (non-hydrogen) atoms. The quantitative estimate of drug-likeness (QED) is 0.519. The molecule has 0 unspecified atom stereocenters. The maximum absolute atomic E-state index is 13.5. The molecule has 0 bridgehead atoms. The number of halogens is 1. The zero-order chi connectivity index (χ0) is 23.4. The largest absolute Gasteiger partial charge is 0.353 e. The third kappa shape index (κ3) is 5.36. The fourth-order valence-corrected chi connectivity index (χ4v) is 4.83. The zero-order valence-corrected chi connectivity index (χ0v) is 19.2. The standard InChI is InChI=1S/C25H28ClN3O4/c26-19-10-8-17(9-11-19)23(31)22(29-14-4-3-7-21(29)30)25(33)28-15-12-18(13-16-28)24(32)27-20-5-1-2-6-20/h3-4,7-11,14,18,20,22H,1-2,5-6,12-13,15-16H2,(H,27,32)/t22-/m1/s1. The van der Waals surface area contributed by atoms with Crippen LogP contribution in [0.15, 0.2) is 53.5 Å². The van der Waals surface area contributed by atoms with Gasteiger partial charge < -0.3 is 10.2 Å². The van der Waals surface area contributed by atoms with Gasteiger partial charge in [-0.05, 0) is 56.0 Å². The van der Waals surface area contributed by atoms with Gasteiger partial charge in [0.05, 0.1) is 0 Å². The molecular weight excluding hydrogens is 442 g/mol. The van der Waals surface area contributed by atoms with E-state index < -0.39 is 23.3 Å². The van der Waals surface area contributed by atoms with Gasteiger partial charge in [-0.3, -0.25) is 23.7 Å². The number of pyridine rings is 1. The molecule has 2 aromatic rings. The molecule has 4 rings (SSSR count). The molecule has 1 N–H and O–H groups in total. The summed E-state index contributed by atoms with van der Waals surface area (Å²) in [4.78, 5) is 53.6. The van der Waals surface area contributed by atoms with Crippen LogP contribution in [0.4, 0.5) is 0 Å². The molecule has 174 valence electrons. The van der Waals surface area contributed by atoms with Gasteiger partial charge in [-0.25, -0.2) is 0 Å². The highest BCUT2D eigenvalue weighted by molar-refractivity contribution is 6.30. The molecule has 1 atom stereocenters. The van der Waals surface area contributed by atoms with E-state index >= 15 is 0 Å². The van der Waals surface area contributed by atoms with E-state index in [1.54, 1.807) is 41.3 Å². The molecule has 7 nitrogen and oxygen atoms in total. The van der Waals surface area contributed by atoms with Crippen molar-refractivity contribution in [3.05, 3.63) is 69.6 Å². The molecule has 2 heterocycles. The Labute approximate surface area is 197 Å². The minimum atomic E-state index is -1.30. The van der Waals surface area contributed by atoms with Crippen LogP contribution >= 0.6 is 11.6 Å². The van der Waals surface area contributed by atoms with Gasteiger partial charge in [0.2, 0.25) is 5.91 Å². The lowest BCUT2D eigenvalue weighted by Gasteiger charge is -2.34. The van der Waals surface area contributed by atoms with Crippen molar-refractivity contribution in [2.24, 2.45) is 5.92 Å². The highest BCUT2D eigenvalue weighted by Crippen LogP contribution is 2.24.